The number of halogens is 1. The van der Waals surface area contributed by atoms with E-state index >= 15 is 0 Å². The van der Waals surface area contributed by atoms with E-state index in [0.29, 0.717) is 5.56 Å². The molecule has 0 radical (unpaired) electrons. The second kappa shape index (κ2) is 10.5. The SMILES string of the molecule is COc1ccc(N(C)c2ccc(/C=C/C3=[N+](C)c4ccc(C(=O)CO)cc4C3(C)C)cc2)cc1.[Cl-]. The molecule has 5 nitrogen and oxygen atoms in total. The maximum Gasteiger partial charge on any atom is 0.209 e. The van der Waals surface area contributed by atoms with Crippen LogP contribution in [0, 0.1) is 0 Å². The summed E-state index contributed by atoms with van der Waals surface area (Å²) >= 11 is 0. The third kappa shape index (κ3) is 5.02. The number of carbonyl (C=O) groups excluding carboxylic acids is 1. The van der Waals surface area contributed by atoms with E-state index in [0.717, 1.165) is 39.7 Å². The van der Waals surface area contributed by atoms with E-state index in [1.54, 1.807) is 13.2 Å². The molecule has 0 atom stereocenters. The van der Waals surface area contributed by atoms with Crippen LogP contribution in [0.3, 0.4) is 0 Å². The average molecular weight is 491 g/mol. The van der Waals surface area contributed by atoms with Gasteiger partial charge in [0, 0.05) is 41.7 Å². The Labute approximate surface area is 213 Å². The van der Waals surface area contributed by atoms with Gasteiger partial charge in [0.2, 0.25) is 5.69 Å². The molecule has 0 amide bonds. The first-order valence-corrected chi connectivity index (χ1v) is 11.3. The molecular weight excluding hydrogens is 460 g/mol. The predicted molar refractivity (Wildman–Crippen MR) is 138 cm³/mol. The molecule has 0 aliphatic carbocycles. The van der Waals surface area contributed by atoms with Gasteiger partial charge in [0.25, 0.3) is 0 Å². The first-order chi connectivity index (χ1) is 16.3. The Morgan fingerprint density at radius 3 is 2.17 bits per heavy atom. The van der Waals surface area contributed by atoms with Crippen LogP contribution in [0.25, 0.3) is 6.08 Å². The lowest BCUT2D eigenvalue weighted by Gasteiger charge is -2.20. The number of rotatable bonds is 7. The summed E-state index contributed by atoms with van der Waals surface area (Å²) in [5.74, 6) is 0.582. The Kier molecular flexibility index (Phi) is 7.83. The van der Waals surface area contributed by atoms with Crippen molar-refractivity contribution in [2.75, 3.05) is 32.7 Å². The summed E-state index contributed by atoms with van der Waals surface area (Å²) in [7, 11) is 5.76. The number of aliphatic hydroxyl groups is 1. The zero-order valence-electron chi connectivity index (χ0n) is 20.7. The Hall–Kier alpha value is -3.41. The van der Waals surface area contributed by atoms with Crippen LogP contribution in [0.4, 0.5) is 17.1 Å². The predicted octanol–water partition coefficient (Wildman–Crippen LogP) is 2.36. The Morgan fingerprint density at radius 1 is 1.00 bits per heavy atom. The molecule has 35 heavy (non-hydrogen) atoms. The fraction of sp³-hybridized carbons (Fsp3) is 0.241. The van der Waals surface area contributed by atoms with Gasteiger partial charge in [0.1, 0.15) is 19.4 Å². The van der Waals surface area contributed by atoms with Crippen LogP contribution >= 0.6 is 0 Å². The molecule has 1 N–H and O–H groups in total. The van der Waals surface area contributed by atoms with Gasteiger partial charge in [-0.1, -0.05) is 12.1 Å². The monoisotopic (exact) mass is 490 g/mol. The van der Waals surface area contributed by atoms with E-state index in [1.165, 1.54) is 0 Å². The number of hydrogen-bond donors (Lipinski definition) is 1. The first kappa shape index (κ1) is 26.2. The molecule has 0 spiro atoms. The van der Waals surface area contributed by atoms with Crippen molar-refractivity contribution in [2.24, 2.45) is 0 Å². The number of anilines is 2. The number of benzene rings is 3. The van der Waals surface area contributed by atoms with Crippen molar-refractivity contribution in [2.45, 2.75) is 19.3 Å². The minimum absolute atomic E-state index is 0. The average Bonchev–Trinajstić information content (AvgIpc) is 3.06. The molecule has 0 bridgehead atoms. The van der Waals surface area contributed by atoms with Gasteiger partial charge < -0.3 is 27.2 Å². The fourth-order valence-electron chi connectivity index (χ4n) is 4.54. The van der Waals surface area contributed by atoms with Gasteiger partial charge in [-0.15, -0.1) is 0 Å². The molecule has 0 unspecified atom stereocenters. The van der Waals surface area contributed by atoms with Gasteiger partial charge >= 0.3 is 0 Å². The first-order valence-electron chi connectivity index (χ1n) is 11.3. The Balaban J connectivity index is 0.00000342. The molecule has 6 heteroatoms. The van der Waals surface area contributed by atoms with Crippen molar-refractivity contribution in [3.8, 4) is 5.75 Å². The summed E-state index contributed by atoms with van der Waals surface area (Å²) in [5, 5.41) is 9.24. The zero-order valence-corrected chi connectivity index (χ0v) is 21.5. The van der Waals surface area contributed by atoms with Crippen LogP contribution < -0.4 is 22.0 Å². The number of aliphatic hydroxyl groups excluding tert-OH is 1. The largest absolute Gasteiger partial charge is 1.00 e. The lowest BCUT2D eigenvalue weighted by atomic mass is 9.80. The van der Waals surface area contributed by atoms with Crippen LogP contribution in [0.1, 0.15) is 35.3 Å². The summed E-state index contributed by atoms with van der Waals surface area (Å²) < 4.78 is 7.42. The number of Topliss-reactive ketones (excluding diaryl/α,β-unsaturated/α-hetero) is 1. The molecule has 182 valence electrons. The van der Waals surface area contributed by atoms with Gasteiger partial charge in [0.05, 0.1) is 12.5 Å². The van der Waals surface area contributed by atoms with Crippen molar-refractivity contribution in [3.05, 3.63) is 89.5 Å². The normalized spacial score (nSPS) is 14.0. The molecular formula is C29H31ClN2O3. The molecule has 0 saturated carbocycles. The second-order valence-electron chi connectivity index (χ2n) is 9.06. The summed E-state index contributed by atoms with van der Waals surface area (Å²) in [6, 6.07) is 22.1. The number of nitrogens with zero attached hydrogens (tertiary/aromatic N) is 2. The summed E-state index contributed by atoms with van der Waals surface area (Å²) in [5.41, 5.74) is 6.89. The standard InChI is InChI=1S/C29H31N2O3.ClH/c1-29(2)25-18-21(27(33)19-32)9-16-26(25)31(4)28(29)17-8-20-6-10-22(11-7-20)30(3)23-12-14-24(34-5)15-13-23;/h6-18,32H,19H2,1-5H3;1H/q+1;/p-1. The van der Waals surface area contributed by atoms with Crippen molar-refractivity contribution >= 4 is 34.6 Å². The maximum absolute atomic E-state index is 12.0. The third-order valence-corrected chi connectivity index (χ3v) is 6.67. The molecule has 3 aromatic carbocycles. The van der Waals surface area contributed by atoms with Crippen LogP contribution in [0.5, 0.6) is 5.75 Å². The Bertz CT molecular complexity index is 1280. The highest BCUT2D eigenvalue weighted by Crippen LogP contribution is 2.40. The number of ketones is 1. The smallest absolute Gasteiger partial charge is 0.209 e. The minimum Gasteiger partial charge on any atom is -1.00 e. The fourth-order valence-corrected chi connectivity index (χ4v) is 4.54. The Morgan fingerprint density at radius 2 is 1.60 bits per heavy atom. The van der Waals surface area contributed by atoms with E-state index in [4.69, 9.17) is 4.74 Å². The third-order valence-electron chi connectivity index (χ3n) is 6.67. The summed E-state index contributed by atoms with van der Waals surface area (Å²) in [4.78, 5) is 14.1. The highest BCUT2D eigenvalue weighted by atomic mass is 35.5. The summed E-state index contributed by atoms with van der Waals surface area (Å²) in [6.45, 7) is 3.85. The van der Waals surface area contributed by atoms with E-state index in [9.17, 15) is 9.90 Å². The molecule has 1 aliphatic rings. The van der Waals surface area contributed by atoms with Gasteiger partial charge in [-0.25, -0.2) is 0 Å². The van der Waals surface area contributed by atoms with E-state index < -0.39 is 6.61 Å². The lowest BCUT2D eigenvalue weighted by molar-refractivity contribution is -0.401. The van der Waals surface area contributed by atoms with Crippen LogP contribution in [0.15, 0.2) is 72.8 Å². The number of fused-ring (bicyclic) bond motifs is 1. The van der Waals surface area contributed by atoms with Gasteiger partial charge in [-0.3, -0.25) is 4.79 Å². The van der Waals surface area contributed by atoms with Crippen LogP contribution in [0.2, 0.25) is 0 Å². The highest BCUT2D eigenvalue weighted by Gasteiger charge is 2.43. The second-order valence-corrected chi connectivity index (χ2v) is 9.06. The van der Waals surface area contributed by atoms with Crippen LogP contribution in [-0.2, 0) is 5.41 Å². The molecule has 1 heterocycles. The molecule has 1 aliphatic heterocycles. The molecule has 0 aromatic heterocycles. The van der Waals surface area contributed by atoms with Crippen molar-refractivity contribution < 1.29 is 31.6 Å². The number of allylic oxidation sites excluding steroid dienone is 1. The van der Waals surface area contributed by atoms with Crippen LogP contribution in [-0.4, -0.2) is 49.0 Å². The molecule has 4 rings (SSSR count). The lowest BCUT2D eigenvalue weighted by Crippen LogP contribution is -3.00. The number of ether oxygens (including phenoxy) is 1. The van der Waals surface area contributed by atoms with Gasteiger partial charge in [-0.05, 0) is 74.0 Å². The van der Waals surface area contributed by atoms with Crippen molar-refractivity contribution in [1.29, 1.82) is 0 Å². The quantitative estimate of drug-likeness (QED) is 0.408. The minimum atomic E-state index is -0.477. The van der Waals surface area contributed by atoms with E-state index in [2.05, 4.69) is 59.7 Å². The van der Waals surface area contributed by atoms with E-state index in [1.807, 2.05) is 50.5 Å². The molecule has 3 aromatic rings. The summed E-state index contributed by atoms with van der Waals surface area (Å²) in [6.07, 6.45) is 4.27. The van der Waals surface area contributed by atoms with Crippen molar-refractivity contribution in [1.82, 2.24) is 0 Å². The number of carbonyl (C=O) groups is 1. The molecule has 0 fully saturated rings. The van der Waals surface area contributed by atoms with Gasteiger partial charge in [-0.2, -0.15) is 4.58 Å². The number of hydrogen-bond acceptors (Lipinski definition) is 4. The zero-order chi connectivity index (χ0) is 24.5. The van der Waals surface area contributed by atoms with Gasteiger partial charge in [0.15, 0.2) is 11.5 Å². The maximum atomic E-state index is 12.0. The van der Waals surface area contributed by atoms with Crippen molar-refractivity contribution in [3.63, 3.8) is 0 Å². The highest BCUT2D eigenvalue weighted by molar-refractivity contribution is 6.06. The number of methoxy groups -OCH3 is 1. The topological polar surface area (TPSA) is 52.8 Å². The van der Waals surface area contributed by atoms with E-state index in [-0.39, 0.29) is 23.6 Å². The molecule has 0 saturated heterocycles.